The molecule has 0 bridgehead atoms. The molecule has 0 amide bonds. The van der Waals surface area contributed by atoms with Crippen LogP contribution in [0.2, 0.25) is 0 Å². The molecule has 0 atom stereocenters. The Morgan fingerprint density at radius 2 is 2.36 bits per heavy atom. The van der Waals surface area contributed by atoms with Crippen molar-refractivity contribution in [1.82, 2.24) is 5.32 Å². The van der Waals surface area contributed by atoms with Gasteiger partial charge in [-0.3, -0.25) is 4.99 Å². The first-order chi connectivity index (χ1) is 5.31. The fourth-order valence-corrected chi connectivity index (χ4v) is 0.636. The summed E-state index contributed by atoms with van der Waals surface area (Å²) in [5.41, 5.74) is 0.753. The van der Waals surface area contributed by atoms with Gasteiger partial charge in [-0.1, -0.05) is 5.16 Å². The van der Waals surface area contributed by atoms with Gasteiger partial charge in [0.05, 0.1) is 11.9 Å². The van der Waals surface area contributed by atoms with E-state index >= 15 is 0 Å². The molecular weight excluding hydrogens is 142 g/mol. The lowest BCUT2D eigenvalue weighted by molar-refractivity contribution is 0.322. The normalized spacial score (nSPS) is 12.7. The van der Waals surface area contributed by atoms with Crippen LogP contribution in [0, 0.1) is 0 Å². The van der Waals surface area contributed by atoms with E-state index in [2.05, 4.69) is 15.5 Å². The van der Waals surface area contributed by atoms with Gasteiger partial charge in [-0.15, -0.1) is 0 Å². The maximum Gasteiger partial charge on any atom is 0.0868 e. The molecule has 0 aliphatic carbocycles. The van der Waals surface area contributed by atoms with Crippen molar-refractivity contribution in [3.8, 4) is 0 Å². The van der Waals surface area contributed by atoms with Gasteiger partial charge in [0.15, 0.2) is 0 Å². The van der Waals surface area contributed by atoms with E-state index in [-0.39, 0.29) is 0 Å². The summed E-state index contributed by atoms with van der Waals surface area (Å²) in [6.45, 7) is 3.55. The predicted octanol–water partition coefficient (Wildman–Crippen LogP) is 0.517. The number of rotatable bonds is 5. The van der Waals surface area contributed by atoms with Crippen molar-refractivity contribution >= 4 is 11.9 Å². The van der Waals surface area contributed by atoms with E-state index in [0.29, 0.717) is 0 Å². The van der Waals surface area contributed by atoms with Crippen molar-refractivity contribution in [2.24, 2.45) is 10.1 Å². The number of hydrogen-bond acceptors (Lipinski definition) is 4. The Bertz CT molecular complexity index is 143. The molecule has 0 unspecified atom stereocenters. The molecule has 0 fully saturated rings. The van der Waals surface area contributed by atoms with Crippen molar-refractivity contribution in [2.75, 3.05) is 20.1 Å². The molecule has 0 radical (unpaired) electrons. The molecule has 2 N–H and O–H groups in total. The van der Waals surface area contributed by atoms with E-state index in [1.807, 2.05) is 7.05 Å². The van der Waals surface area contributed by atoms with Gasteiger partial charge in [0, 0.05) is 6.54 Å². The number of oxime groups is 1. The van der Waals surface area contributed by atoms with Crippen LogP contribution < -0.4 is 5.32 Å². The molecule has 4 heteroatoms. The van der Waals surface area contributed by atoms with Gasteiger partial charge in [0.25, 0.3) is 0 Å². The molecule has 0 spiro atoms. The summed E-state index contributed by atoms with van der Waals surface area (Å²) >= 11 is 0. The molecule has 0 aliphatic rings. The first kappa shape index (κ1) is 10.1. The average Bonchev–Trinajstić information content (AvgIpc) is 1.99. The minimum atomic E-state index is 0.753. The summed E-state index contributed by atoms with van der Waals surface area (Å²) in [5.74, 6) is 0. The smallest absolute Gasteiger partial charge is 0.0868 e. The quantitative estimate of drug-likeness (QED) is 0.264. The topological polar surface area (TPSA) is 57.0 Å². The van der Waals surface area contributed by atoms with Crippen LogP contribution in [0.3, 0.4) is 0 Å². The van der Waals surface area contributed by atoms with E-state index < -0.39 is 0 Å². The van der Waals surface area contributed by atoms with Gasteiger partial charge < -0.3 is 10.5 Å². The Balaban J connectivity index is 3.40. The maximum absolute atomic E-state index is 8.12. The zero-order valence-electron chi connectivity index (χ0n) is 7.04. The number of aliphatic imine (C=N–C) groups is 1. The highest BCUT2D eigenvalue weighted by atomic mass is 16.4. The Morgan fingerprint density at radius 1 is 1.64 bits per heavy atom. The van der Waals surface area contributed by atoms with Crippen molar-refractivity contribution < 1.29 is 5.21 Å². The number of hydrogen-bond donors (Lipinski definition) is 2. The Labute approximate surface area is 67.0 Å². The van der Waals surface area contributed by atoms with Crippen molar-refractivity contribution in [1.29, 1.82) is 0 Å². The molecule has 0 aromatic rings. The summed E-state index contributed by atoms with van der Waals surface area (Å²) in [5, 5.41) is 14.0. The van der Waals surface area contributed by atoms with E-state index in [9.17, 15) is 0 Å². The Hall–Kier alpha value is -0.900. The fourth-order valence-electron chi connectivity index (χ4n) is 0.636. The lowest BCUT2D eigenvalue weighted by Gasteiger charge is -1.94. The summed E-state index contributed by atoms with van der Waals surface area (Å²) in [6.07, 6.45) is 2.34. The van der Waals surface area contributed by atoms with E-state index in [0.717, 1.165) is 25.2 Å². The van der Waals surface area contributed by atoms with Crippen molar-refractivity contribution in [3.05, 3.63) is 0 Å². The largest absolute Gasteiger partial charge is 0.411 e. The first-order valence-corrected chi connectivity index (χ1v) is 3.64. The minimum absolute atomic E-state index is 0.753. The molecule has 4 nitrogen and oxygen atoms in total. The van der Waals surface area contributed by atoms with Crippen LogP contribution in [0.25, 0.3) is 0 Å². The van der Waals surface area contributed by atoms with Crippen LogP contribution in [0.4, 0.5) is 0 Å². The van der Waals surface area contributed by atoms with Crippen LogP contribution in [-0.4, -0.2) is 37.3 Å². The second-order valence-corrected chi connectivity index (χ2v) is 2.22. The highest BCUT2D eigenvalue weighted by Crippen LogP contribution is 1.80. The van der Waals surface area contributed by atoms with Crippen molar-refractivity contribution in [2.45, 2.75) is 13.3 Å². The van der Waals surface area contributed by atoms with Gasteiger partial charge in [0.2, 0.25) is 0 Å². The lowest BCUT2D eigenvalue weighted by Crippen LogP contribution is -2.09. The third-order valence-corrected chi connectivity index (χ3v) is 1.19. The monoisotopic (exact) mass is 157 g/mol. The summed E-state index contributed by atoms with van der Waals surface area (Å²) in [6, 6.07) is 0. The number of nitrogens with zero attached hydrogens (tertiary/aromatic N) is 2. The molecule has 0 saturated carbocycles. The van der Waals surface area contributed by atoms with Gasteiger partial charge in [-0.05, 0) is 26.9 Å². The molecule has 0 aromatic carbocycles. The molecule has 0 rings (SSSR count). The molecule has 11 heavy (non-hydrogen) atoms. The van der Waals surface area contributed by atoms with Gasteiger partial charge in [-0.2, -0.15) is 0 Å². The third-order valence-electron chi connectivity index (χ3n) is 1.19. The van der Waals surface area contributed by atoms with Crippen LogP contribution in [-0.2, 0) is 0 Å². The maximum atomic E-state index is 8.12. The molecule has 0 heterocycles. The summed E-state index contributed by atoms with van der Waals surface area (Å²) in [7, 11) is 1.91. The van der Waals surface area contributed by atoms with Gasteiger partial charge >= 0.3 is 0 Å². The van der Waals surface area contributed by atoms with E-state index in [1.165, 1.54) is 6.21 Å². The highest BCUT2D eigenvalue weighted by molar-refractivity contribution is 6.29. The second kappa shape index (κ2) is 7.21. The predicted molar refractivity (Wildman–Crippen MR) is 46.8 cm³/mol. The standard InChI is InChI=1S/C7H15N3O/c1-7(6-10-11)9-5-3-4-8-2/h6,8,11H,3-5H2,1-2H3/b9-7?,10-6+. The first-order valence-electron chi connectivity index (χ1n) is 3.64. The van der Waals surface area contributed by atoms with E-state index in [4.69, 9.17) is 5.21 Å². The molecule has 0 saturated heterocycles. The van der Waals surface area contributed by atoms with Crippen LogP contribution in [0.15, 0.2) is 10.1 Å². The van der Waals surface area contributed by atoms with Crippen LogP contribution in [0.5, 0.6) is 0 Å². The third kappa shape index (κ3) is 6.99. The molecule has 0 aliphatic heterocycles. The lowest BCUT2D eigenvalue weighted by atomic mass is 10.4. The fraction of sp³-hybridized carbons (Fsp3) is 0.714. The summed E-state index contributed by atoms with van der Waals surface area (Å²) in [4.78, 5) is 4.12. The summed E-state index contributed by atoms with van der Waals surface area (Å²) < 4.78 is 0. The minimum Gasteiger partial charge on any atom is -0.411 e. The Kier molecular flexibility index (Phi) is 6.62. The average molecular weight is 157 g/mol. The zero-order valence-corrected chi connectivity index (χ0v) is 7.04. The van der Waals surface area contributed by atoms with Gasteiger partial charge in [-0.25, -0.2) is 0 Å². The Morgan fingerprint density at radius 3 is 2.91 bits per heavy atom. The molecule has 0 aromatic heterocycles. The van der Waals surface area contributed by atoms with Crippen LogP contribution >= 0.6 is 0 Å². The van der Waals surface area contributed by atoms with Crippen molar-refractivity contribution in [3.63, 3.8) is 0 Å². The zero-order chi connectivity index (χ0) is 8.53. The molecular formula is C7H15N3O. The SMILES string of the molecule is CNCCCN=C(C)/C=N/O. The second-order valence-electron chi connectivity index (χ2n) is 2.22. The van der Waals surface area contributed by atoms with E-state index in [1.54, 1.807) is 6.92 Å². The van der Waals surface area contributed by atoms with Gasteiger partial charge in [0.1, 0.15) is 0 Å². The van der Waals surface area contributed by atoms with Crippen LogP contribution in [0.1, 0.15) is 13.3 Å². The number of nitrogens with one attached hydrogen (secondary N) is 1. The highest BCUT2D eigenvalue weighted by Gasteiger charge is 1.84. The molecule has 64 valence electrons.